The number of hydrogen-bond acceptors (Lipinski definition) is 4. The van der Waals surface area contributed by atoms with E-state index in [1.807, 2.05) is 0 Å². The molecule has 0 amide bonds. The van der Waals surface area contributed by atoms with E-state index in [1.165, 1.54) is 0 Å². The second kappa shape index (κ2) is 5.12. The number of nitrogens with one attached hydrogen (secondary N) is 1. The Balaban J connectivity index is 0.000000720. The lowest BCUT2D eigenvalue weighted by Gasteiger charge is -2.33. The second-order valence-electron chi connectivity index (χ2n) is 3.63. The zero-order chi connectivity index (χ0) is 7.73. The van der Waals surface area contributed by atoms with Crippen molar-refractivity contribution >= 4 is 12.4 Å². The van der Waals surface area contributed by atoms with Gasteiger partial charge in [0.25, 0.3) is 0 Å². The van der Waals surface area contributed by atoms with Crippen LogP contribution in [0.5, 0.6) is 0 Å². The Morgan fingerprint density at radius 2 is 2.23 bits per heavy atom. The molecule has 80 valence electrons. The maximum Gasteiger partial charge on any atom is 0.0837 e. The standard InChI is InChI=1S/C8H15NO2.ClH.H3N/c1-8(4-7-5-10-7)6-9-2-3-11-8;;/h7,9H,2-6H2,1H3;1H;1H3. The number of ether oxygens (including phenoxy) is 2. The number of hydrogen-bond donors (Lipinski definition) is 2. The lowest BCUT2D eigenvalue weighted by Crippen LogP contribution is -2.48. The molecule has 2 unspecified atom stereocenters. The fourth-order valence-corrected chi connectivity index (χ4v) is 1.57. The summed E-state index contributed by atoms with van der Waals surface area (Å²) in [6.45, 7) is 5.87. The lowest BCUT2D eigenvalue weighted by atomic mass is 9.99. The molecule has 2 aliphatic heterocycles. The highest BCUT2D eigenvalue weighted by molar-refractivity contribution is 5.85. The molecule has 2 heterocycles. The molecule has 0 radical (unpaired) electrons. The van der Waals surface area contributed by atoms with Crippen molar-refractivity contribution in [2.24, 2.45) is 0 Å². The van der Waals surface area contributed by atoms with Gasteiger partial charge in [0.1, 0.15) is 0 Å². The summed E-state index contributed by atoms with van der Waals surface area (Å²) in [5, 5.41) is 3.33. The summed E-state index contributed by atoms with van der Waals surface area (Å²) in [5.74, 6) is 0. The fourth-order valence-electron chi connectivity index (χ4n) is 1.57. The van der Waals surface area contributed by atoms with Gasteiger partial charge in [0.05, 0.1) is 24.9 Å². The van der Waals surface area contributed by atoms with E-state index in [-0.39, 0.29) is 24.2 Å². The van der Waals surface area contributed by atoms with Crippen molar-refractivity contribution < 1.29 is 9.47 Å². The summed E-state index contributed by atoms with van der Waals surface area (Å²) in [7, 11) is 0. The molecule has 0 aromatic rings. The van der Waals surface area contributed by atoms with E-state index in [9.17, 15) is 0 Å². The largest absolute Gasteiger partial charge is 0.373 e. The Kier molecular flexibility index (Phi) is 5.17. The van der Waals surface area contributed by atoms with E-state index in [0.29, 0.717) is 6.10 Å². The van der Waals surface area contributed by atoms with Gasteiger partial charge in [-0.25, -0.2) is 0 Å². The van der Waals surface area contributed by atoms with Crippen molar-refractivity contribution in [3.63, 3.8) is 0 Å². The zero-order valence-electron chi connectivity index (χ0n) is 8.04. The van der Waals surface area contributed by atoms with Crippen molar-refractivity contribution in [3.05, 3.63) is 0 Å². The number of morpholine rings is 1. The van der Waals surface area contributed by atoms with Crippen LogP contribution >= 0.6 is 12.4 Å². The molecule has 2 saturated heterocycles. The highest BCUT2D eigenvalue weighted by Gasteiger charge is 2.36. The van der Waals surface area contributed by atoms with Gasteiger partial charge in [-0.1, -0.05) is 0 Å². The third-order valence-corrected chi connectivity index (χ3v) is 2.29. The van der Waals surface area contributed by atoms with Crippen molar-refractivity contribution in [2.45, 2.75) is 25.0 Å². The van der Waals surface area contributed by atoms with Crippen LogP contribution in [0.4, 0.5) is 0 Å². The average molecular weight is 211 g/mol. The summed E-state index contributed by atoms with van der Waals surface area (Å²) in [5.41, 5.74) is 0.0272. The first-order valence-electron chi connectivity index (χ1n) is 4.25. The molecular formula is C8H19ClN2O2. The SMILES string of the molecule is CC1(CC2CO2)CNCCO1.Cl.N. The Morgan fingerprint density at radius 1 is 1.54 bits per heavy atom. The molecular weight excluding hydrogens is 192 g/mol. The second-order valence-corrected chi connectivity index (χ2v) is 3.63. The maximum absolute atomic E-state index is 5.67. The molecule has 13 heavy (non-hydrogen) atoms. The Bertz CT molecular complexity index is 147. The summed E-state index contributed by atoms with van der Waals surface area (Å²) in [6, 6.07) is 0. The van der Waals surface area contributed by atoms with Gasteiger partial charge in [0.2, 0.25) is 0 Å². The molecule has 0 bridgehead atoms. The third kappa shape index (κ3) is 3.79. The smallest absolute Gasteiger partial charge is 0.0837 e. The predicted octanol–water partition coefficient (Wildman–Crippen LogP) is 0.738. The Morgan fingerprint density at radius 3 is 2.69 bits per heavy atom. The molecule has 4 N–H and O–H groups in total. The van der Waals surface area contributed by atoms with Crippen LogP contribution in [0.25, 0.3) is 0 Å². The minimum Gasteiger partial charge on any atom is -0.373 e. The minimum absolute atomic E-state index is 0. The number of halogens is 1. The zero-order valence-corrected chi connectivity index (χ0v) is 8.86. The van der Waals surface area contributed by atoms with Gasteiger partial charge in [-0.2, -0.15) is 0 Å². The van der Waals surface area contributed by atoms with Crippen LogP contribution in [0, 0.1) is 0 Å². The Hall–Kier alpha value is 0.130. The van der Waals surface area contributed by atoms with Crippen LogP contribution in [0.1, 0.15) is 13.3 Å². The van der Waals surface area contributed by atoms with Crippen LogP contribution < -0.4 is 11.5 Å². The van der Waals surface area contributed by atoms with E-state index < -0.39 is 0 Å². The first kappa shape index (κ1) is 13.1. The molecule has 2 atom stereocenters. The Labute approximate surface area is 85.3 Å². The molecule has 0 aliphatic carbocycles. The molecule has 2 rings (SSSR count). The van der Waals surface area contributed by atoms with Crippen LogP contribution in [-0.2, 0) is 9.47 Å². The van der Waals surface area contributed by atoms with Crippen LogP contribution in [0.2, 0.25) is 0 Å². The van der Waals surface area contributed by atoms with Crippen molar-refractivity contribution in [2.75, 3.05) is 26.3 Å². The molecule has 0 aromatic carbocycles. The first-order chi connectivity index (χ1) is 5.29. The first-order valence-corrected chi connectivity index (χ1v) is 4.25. The normalized spacial score (nSPS) is 37.2. The predicted molar refractivity (Wildman–Crippen MR) is 53.9 cm³/mol. The molecule has 0 spiro atoms. The monoisotopic (exact) mass is 210 g/mol. The van der Waals surface area contributed by atoms with Crippen molar-refractivity contribution in [3.8, 4) is 0 Å². The highest BCUT2D eigenvalue weighted by Crippen LogP contribution is 2.26. The molecule has 0 aromatic heterocycles. The number of rotatable bonds is 2. The van der Waals surface area contributed by atoms with Gasteiger partial charge in [-0.3, -0.25) is 0 Å². The van der Waals surface area contributed by atoms with E-state index in [0.717, 1.165) is 32.7 Å². The van der Waals surface area contributed by atoms with E-state index >= 15 is 0 Å². The molecule has 4 nitrogen and oxygen atoms in total. The van der Waals surface area contributed by atoms with Crippen LogP contribution in [0.3, 0.4) is 0 Å². The minimum atomic E-state index is 0. The van der Waals surface area contributed by atoms with Gasteiger partial charge in [0, 0.05) is 19.5 Å². The van der Waals surface area contributed by atoms with Gasteiger partial charge in [-0.15, -0.1) is 12.4 Å². The van der Waals surface area contributed by atoms with E-state index in [4.69, 9.17) is 9.47 Å². The van der Waals surface area contributed by atoms with Crippen molar-refractivity contribution in [1.29, 1.82) is 0 Å². The third-order valence-electron chi connectivity index (χ3n) is 2.29. The van der Waals surface area contributed by atoms with E-state index in [1.54, 1.807) is 0 Å². The van der Waals surface area contributed by atoms with Crippen molar-refractivity contribution in [1.82, 2.24) is 11.5 Å². The summed E-state index contributed by atoms with van der Waals surface area (Å²) in [4.78, 5) is 0. The average Bonchev–Trinajstić information content (AvgIpc) is 2.72. The summed E-state index contributed by atoms with van der Waals surface area (Å²) in [6.07, 6.45) is 1.51. The topological polar surface area (TPSA) is 68.8 Å². The summed E-state index contributed by atoms with van der Waals surface area (Å²) < 4.78 is 10.8. The molecule has 5 heteroatoms. The molecule has 2 fully saturated rings. The van der Waals surface area contributed by atoms with Gasteiger partial charge >= 0.3 is 0 Å². The van der Waals surface area contributed by atoms with E-state index in [2.05, 4.69) is 12.2 Å². The van der Waals surface area contributed by atoms with Gasteiger partial charge in [0.15, 0.2) is 0 Å². The van der Waals surface area contributed by atoms with Gasteiger partial charge < -0.3 is 20.9 Å². The quantitative estimate of drug-likeness (QED) is 0.660. The highest BCUT2D eigenvalue weighted by atomic mass is 35.5. The van der Waals surface area contributed by atoms with Crippen LogP contribution in [0.15, 0.2) is 0 Å². The summed E-state index contributed by atoms with van der Waals surface area (Å²) >= 11 is 0. The molecule has 0 saturated carbocycles. The van der Waals surface area contributed by atoms with Gasteiger partial charge in [-0.05, 0) is 6.92 Å². The van der Waals surface area contributed by atoms with Crippen LogP contribution in [-0.4, -0.2) is 38.0 Å². The maximum atomic E-state index is 5.67. The fraction of sp³-hybridized carbons (Fsp3) is 1.00. The molecule has 2 aliphatic rings. The number of epoxide rings is 1. The lowest BCUT2D eigenvalue weighted by molar-refractivity contribution is -0.0611.